The van der Waals surface area contributed by atoms with Crippen LogP contribution in [0.4, 0.5) is 11.6 Å². The Morgan fingerprint density at radius 2 is 1.75 bits per heavy atom. The summed E-state index contributed by atoms with van der Waals surface area (Å²) < 4.78 is 28.1. The van der Waals surface area contributed by atoms with Crippen LogP contribution in [0.3, 0.4) is 0 Å². The molecule has 0 spiro atoms. The summed E-state index contributed by atoms with van der Waals surface area (Å²) in [6.45, 7) is 7.85. The Labute approximate surface area is 241 Å². The first-order valence-corrected chi connectivity index (χ1v) is 16.3. The third-order valence-corrected chi connectivity index (χ3v) is 9.73. The summed E-state index contributed by atoms with van der Waals surface area (Å²) in [4.78, 5) is 14.1. The number of likely N-dealkylation sites (tertiary alicyclic amines) is 1. The number of sulfonamides is 1. The monoisotopic (exact) mass is 575 g/mol. The molecular weight excluding hydrogens is 539 g/mol. The number of piperidine rings is 1. The van der Waals surface area contributed by atoms with E-state index in [0.29, 0.717) is 12.5 Å². The van der Waals surface area contributed by atoms with Gasteiger partial charge in [0.1, 0.15) is 0 Å². The van der Waals surface area contributed by atoms with E-state index in [2.05, 4.69) is 44.2 Å². The molecule has 4 aromatic rings. The molecule has 1 aliphatic heterocycles. The standard InChI is InChI=1S/C31H37N5O2S2/c1-3-4-17-33-40(37,38)27-10-8-9-25(20-27)28-15-16-29(39-28)30-23(2)21-32-31(35-30)34-26-13-11-24(12-14-26)22-36-18-6-5-7-19-36/h8-16,20-21,33H,3-7,17-19,22H2,1-2H3,(H,32,34,35). The summed E-state index contributed by atoms with van der Waals surface area (Å²) in [6, 6.07) is 19.7. The van der Waals surface area contributed by atoms with Crippen LogP contribution in [0, 0.1) is 6.92 Å². The number of hydrogen-bond acceptors (Lipinski definition) is 7. The van der Waals surface area contributed by atoms with Crippen molar-refractivity contribution in [2.75, 3.05) is 25.0 Å². The maximum absolute atomic E-state index is 12.7. The van der Waals surface area contributed by atoms with Crippen molar-refractivity contribution in [3.63, 3.8) is 0 Å². The topological polar surface area (TPSA) is 87.2 Å². The van der Waals surface area contributed by atoms with Crippen molar-refractivity contribution in [3.05, 3.63) is 78.0 Å². The Morgan fingerprint density at radius 3 is 2.52 bits per heavy atom. The summed E-state index contributed by atoms with van der Waals surface area (Å²) in [5.41, 5.74) is 4.98. The van der Waals surface area contributed by atoms with Crippen molar-refractivity contribution in [1.82, 2.24) is 19.6 Å². The summed E-state index contributed by atoms with van der Waals surface area (Å²) >= 11 is 1.59. The molecule has 0 bridgehead atoms. The van der Waals surface area contributed by atoms with Gasteiger partial charge >= 0.3 is 0 Å². The molecule has 0 amide bonds. The molecule has 1 fully saturated rings. The lowest BCUT2D eigenvalue weighted by Crippen LogP contribution is -2.29. The molecule has 3 heterocycles. The zero-order chi connectivity index (χ0) is 28.0. The van der Waals surface area contributed by atoms with E-state index in [1.807, 2.05) is 38.2 Å². The van der Waals surface area contributed by atoms with Gasteiger partial charge in [0, 0.05) is 29.9 Å². The predicted octanol–water partition coefficient (Wildman–Crippen LogP) is 6.99. The van der Waals surface area contributed by atoms with Gasteiger partial charge in [0.15, 0.2) is 0 Å². The van der Waals surface area contributed by atoms with Gasteiger partial charge in [-0.2, -0.15) is 0 Å². The lowest BCUT2D eigenvalue weighted by molar-refractivity contribution is 0.221. The first-order valence-electron chi connectivity index (χ1n) is 14.0. The molecule has 210 valence electrons. The molecule has 7 nitrogen and oxygen atoms in total. The van der Waals surface area contributed by atoms with Gasteiger partial charge in [-0.3, -0.25) is 4.90 Å². The van der Waals surface area contributed by atoms with Crippen molar-refractivity contribution < 1.29 is 8.42 Å². The van der Waals surface area contributed by atoms with Crippen LogP contribution in [0.1, 0.15) is 50.2 Å². The Bertz CT molecular complexity index is 1530. The molecule has 2 N–H and O–H groups in total. The smallest absolute Gasteiger partial charge is 0.240 e. The molecule has 5 rings (SSSR count). The first kappa shape index (κ1) is 28.4. The highest BCUT2D eigenvalue weighted by atomic mass is 32.2. The van der Waals surface area contributed by atoms with Crippen LogP contribution in [-0.2, 0) is 16.6 Å². The molecule has 0 saturated carbocycles. The van der Waals surface area contributed by atoms with Gasteiger partial charge in [-0.25, -0.2) is 23.1 Å². The fraction of sp³-hybridized carbons (Fsp3) is 0.355. The number of aryl methyl sites for hydroxylation is 1. The fourth-order valence-corrected chi connectivity index (χ4v) is 7.03. The molecule has 2 aromatic heterocycles. The Kier molecular flexibility index (Phi) is 9.26. The molecule has 0 aliphatic carbocycles. The molecule has 1 aliphatic rings. The van der Waals surface area contributed by atoms with Crippen LogP contribution in [0.25, 0.3) is 21.0 Å². The molecule has 0 radical (unpaired) electrons. The Hall–Kier alpha value is -3.11. The highest BCUT2D eigenvalue weighted by molar-refractivity contribution is 7.89. The van der Waals surface area contributed by atoms with Crippen LogP contribution in [0.2, 0.25) is 0 Å². The van der Waals surface area contributed by atoms with E-state index in [0.717, 1.165) is 51.6 Å². The number of hydrogen-bond donors (Lipinski definition) is 2. The average Bonchev–Trinajstić information content (AvgIpc) is 3.46. The number of thiophene rings is 1. The lowest BCUT2D eigenvalue weighted by Gasteiger charge is -2.26. The third-order valence-electron chi connectivity index (χ3n) is 7.13. The molecular formula is C31H37N5O2S2. The highest BCUT2D eigenvalue weighted by Gasteiger charge is 2.16. The Morgan fingerprint density at radius 1 is 0.975 bits per heavy atom. The second-order valence-corrected chi connectivity index (χ2v) is 13.2. The molecule has 0 atom stereocenters. The van der Waals surface area contributed by atoms with Crippen LogP contribution >= 0.6 is 11.3 Å². The molecule has 0 unspecified atom stereocenters. The summed E-state index contributed by atoms with van der Waals surface area (Å²) in [5.74, 6) is 0.547. The molecule has 2 aromatic carbocycles. The maximum Gasteiger partial charge on any atom is 0.240 e. The SMILES string of the molecule is CCCCNS(=O)(=O)c1cccc(-c2ccc(-c3nc(Nc4ccc(CN5CCCCC5)cc4)ncc3C)s2)c1. The van der Waals surface area contributed by atoms with E-state index in [1.54, 1.807) is 29.5 Å². The number of benzene rings is 2. The van der Waals surface area contributed by atoms with E-state index in [1.165, 1.54) is 37.9 Å². The van der Waals surface area contributed by atoms with Gasteiger partial charge in [0.2, 0.25) is 16.0 Å². The number of anilines is 2. The van der Waals surface area contributed by atoms with Crippen LogP contribution in [0.15, 0.2) is 71.8 Å². The van der Waals surface area contributed by atoms with Crippen LogP contribution < -0.4 is 10.0 Å². The summed E-state index contributed by atoms with van der Waals surface area (Å²) in [7, 11) is -3.54. The first-order chi connectivity index (χ1) is 19.4. The number of rotatable bonds is 11. The number of nitrogens with one attached hydrogen (secondary N) is 2. The van der Waals surface area contributed by atoms with Crippen molar-refractivity contribution in [1.29, 1.82) is 0 Å². The minimum Gasteiger partial charge on any atom is -0.324 e. The predicted molar refractivity (Wildman–Crippen MR) is 164 cm³/mol. The minimum atomic E-state index is -3.54. The zero-order valence-electron chi connectivity index (χ0n) is 23.2. The summed E-state index contributed by atoms with van der Waals surface area (Å²) in [5, 5.41) is 3.35. The molecule has 40 heavy (non-hydrogen) atoms. The second kappa shape index (κ2) is 13.0. The van der Waals surface area contributed by atoms with Gasteiger partial charge in [-0.05, 0) is 92.4 Å². The Balaban J connectivity index is 1.30. The van der Waals surface area contributed by atoms with E-state index in [4.69, 9.17) is 4.98 Å². The van der Waals surface area contributed by atoms with Gasteiger partial charge in [-0.15, -0.1) is 11.3 Å². The van der Waals surface area contributed by atoms with E-state index >= 15 is 0 Å². The van der Waals surface area contributed by atoms with Gasteiger partial charge < -0.3 is 5.32 Å². The number of unbranched alkanes of at least 4 members (excludes halogenated alkanes) is 1. The largest absolute Gasteiger partial charge is 0.324 e. The van der Waals surface area contributed by atoms with Crippen molar-refractivity contribution in [3.8, 4) is 21.0 Å². The summed E-state index contributed by atoms with van der Waals surface area (Å²) in [6.07, 6.45) is 7.52. The number of nitrogens with zero attached hydrogens (tertiary/aromatic N) is 3. The maximum atomic E-state index is 12.7. The van der Waals surface area contributed by atoms with Gasteiger partial charge in [0.05, 0.1) is 15.5 Å². The van der Waals surface area contributed by atoms with Crippen LogP contribution in [0.5, 0.6) is 0 Å². The fourth-order valence-electron chi connectivity index (χ4n) is 4.85. The van der Waals surface area contributed by atoms with Crippen molar-refractivity contribution >= 4 is 33.0 Å². The highest BCUT2D eigenvalue weighted by Crippen LogP contribution is 2.36. The van der Waals surface area contributed by atoms with E-state index in [9.17, 15) is 8.42 Å². The minimum absolute atomic E-state index is 0.280. The normalized spacial score (nSPS) is 14.3. The lowest BCUT2D eigenvalue weighted by atomic mass is 10.1. The molecule has 9 heteroatoms. The third kappa shape index (κ3) is 7.14. The van der Waals surface area contributed by atoms with Crippen LogP contribution in [-0.4, -0.2) is 42.9 Å². The van der Waals surface area contributed by atoms with Gasteiger partial charge in [0.25, 0.3) is 0 Å². The number of aromatic nitrogens is 2. The second-order valence-electron chi connectivity index (χ2n) is 10.3. The van der Waals surface area contributed by atoms with Crippen molar-refractivity contribution in [2.24, 2.45) is 0 Å². The van der Waals surface area contributed by atoms with Gasteiger partial charge in [-0.1, -0.05) is 44.0 Å². The van der Waals surface area contributed by atoms with Crippen molar-refractivity contribution in [2.45, 2.75) is 57.4 Å². The molecule has 1 saturated heterocycles. The van der Waals surface area contributed by atoms with E-state index in [-0.39, 0.29) is 4.90 Å². The average molecular weight is 576 g/mol. The zero-order valence-corrected chi connectivity index (χ0v) is 24.8. The van der Waals surface area contributed by atoms with E-state index < -0.39 is 10.0 Å². The quantitative estimate of drug-likeness (QED) is 0.188.